The molecule has 0 atom stereocenters. The molecule has 0 bridgehead atoms. The van der Waals surface area contributed by atoms with Crippen molar-refractivity contribution in [1.82, 2.24) is 4.72 Å². The zero-order valence-electron chi connectivity index (χ0n) is 11.5. The molecule has 0 heterocycles. The highest BCUT2D eigenvalue weighted by atomic mass is 35.5. The first kappa shape index (κ1) is 18.2. The maximum absolute atomic E-state index is 12.0. The molecule has 0 aliphatic heterocycles. The number of rotatable bonds is 6. The van der Waals surface area contributed by atoms with E-state index >= 15 is 0 Å². The maximum Gasteiger partial charge on any atom is 0.240 e. The summed E-state index contributed by atoms with van der Waals surface area (Å²) in [5, 5.41) is 0. The third kappa shape index (κ3) is 4.99. The minimum atomic E-state index is -3.44. The van der Waals surface area contributed by atoms with Gasteiger partial charge >= 0.3 is 0 Å². The fraction of sp³-hybridized carbons (Fsp3) is 0.500. The Morgan fingerprint density at radius 2 is 1.95 bits per heavy atom. The third-order valence-corrected chi connectivity index (χ3v) is 4.10. The molecule has 0 saturated heterocycles. The van der Waals surface area contributed by atoms with Gasteiger partial charge < -0.3 is 10.6 Å². The second kappa shape index (κ2) is 7.69. The minimum Gasteiger partial charge on any atom is -0.377 e. The lowest BCUT2D eigenvalue weighted by molar-refractivity contribution is 0.579. The predicted molar refractivity (Wildman–Crippen MR) is 81.6 cm³/mol. The Balaban J connectivity index is 0.00000324. The third-order valence-electron chi connectivity index (χ3n) is 2.65. The van der Waals surface area contributed by atoms with Gasteiger partial charge in [0.25, 0.3) is 0 Å². The molecule has 0 aliphatic rings. The van der Waals surface area contributed by atoms with Crippen molar-refractivity contribution < 1.29 is 8.42 Å². The Morgan fingerprint density at radius 1 is 1.32 bits per heavy atom. The number of hydrogen-bond donors (Lipinski definition) is 2. The second-order valence-electron chi connectivity index (χ2n) is 4.38. The first-order valence-electron chi connectivity index (χ1n) is 5.86. The van der Waals surface area contributed by atoms with Gasteiger partial charge in [-0.1, -0.05) is 6.07 Å². The van der Waals surface area contributed by atoms with Crippen LogP contribution < -0.4 is 15.4 Å². The molecule has 1 aromatic carbocycles. The van der Waals surface area contributed by atoms with Crippen LogP contribution in [0.2, 0.25) is 0 Å². The summed E-state index contributed by atoms with van der Waals surface area (Å²) in [6.07, 6.45) is 0.631. The van der Waals surface area contributed by atoms with Crippen LogP contribution >= 0.6 is 12.4 Å². The van der Waals surface area contributed by atoms with E-state index in [1.165, 1.54) is 0 Å². The van der Waals surface area contributed by atoms with Crippen molar-refractivity contribution in [3.05, 3.63) is 23.8 Å². The first-order valence-corrected chi connectivity index (χ1v) is 7.34. The van der Waals surface area contributed by atoms with Gasteiger partial charge in [-0.2, -0.15) is 0 Å². The highest BCUT2D eigenvalue weighted by Gasteiger charge is 2.15. The van der Waals surface area contributed by atoms with E-state index in [-0.39, 0.29) is 17.3 Å². The number of hydrogen-bond acceptors (Lipinski definition) is 4. The van der Waals surface area contributed by atoms with Crippen molar-refractivity contribution in [1.29, 1.82) is 0 Å². The number of sulfonamides is 1. The number of nitrogens with one attached hydrogen (secondary N) is 1. The molecule has 3 N–H and O–H groups in total. The summed E-state index contributed by atoms with van der Waals surface area (Å²) in [4.78, 5) is 2.18. The highest BCUT2D eigenvalue weighted by molar-refractivity contribution is 7.89. The zero-order chi connectivity index (χ0) is 13.8. The second-order valence-corrected chi connectivity index (χ2v) is 6.15. The van der Waals surface area contributed by atoms with Crippen LogP contribution in [0.3, 0.4) is 0 Å². The molecule has 0 radical (unpaired) electrons. The molecular weight excluding hydrogens is 286 g/mol. The topological polar surface area (TPSA) is 75.4 Å². The lowest BCUT2D eigenvalue weighted by Gasteiger charge is -2.17. The van der Waals surface area contributed by atoms with Crippen LogP contribution in [0.1, 0.15) is 12.0 Å². The molecule has 0 saturated carbocycles. The van der Waals surface area contributed by atoms with Gasteiger partial charge in [-0.05, 0) is 37.6 Å². The lowest BCUT2D eigenvalue weighted by Crippen LogP contribution is -2.26. The Kier molecular flexibility index (Phi) is 7.36. The number of anilines is 1. The van der Waals surface area contributed by atoms with Gasteiger partial charge in [0.1, 0.15) is 0 Å². The molecule has 1 aromatic rings. The van der Waals surface area contributed by atoms with Crippen LogP contribution in [-0.2, 0) is 10.0 Å². The molecule has 1 rings (SSSR count). The zero-order valence-corrected chi connectivity index (χ0v) is 13.1. The number of benzene rings is 1. The average Bonchev–Trinajstić information content (AvgIpc) is 2.29. The van der Waals surface area contributed by atoms with Crippen molar-refractivity contribution in [2.24, 2.45) is 5.73 Å². The van der Waals surface area contributed by atoms with E-state index < -0.39 is 10.0 Å². The molecule has 0 aromatic heterocycles. The van der Waals surface area contributed by atoms with Gasteiger partial charge in [0.05, 0.1) is 4.90 Å². The molecule has 0 spiro atoms. The fourth-order valence-corrected chi connectivity index (χ4v) is 2.72. The minimum absolute atomic E-state index is 0. The van der Waals surface area contributed by atoms with Crippen molar-refractivity contribution in [3.63, 3.8) is 0 Å². The normalized spacial score (nSPS) is 10.9. The number of aryl methyl sites for hydroxylation is 1. The maximum atomic E-state index is 12.0. The molecule has 110 valence electrons. The summed E-state index contributed by atoms with van der Waals surface area (Å²) >= 11 is 0. The molecular formula is C12H22ClN3O2S. The standard InChI is InChI=1S/C12H21N3O2S.ClH/c1-10-5-6-11(9-12(10)15(2)3)18(16,17)14-8-4-7-13;/h5-6,9,14H,4,7-8,13H2,1-3H3;1H. The number of halogens is 1. The largest absolute Gasteiger partial charge is 0.377 e. The van der Waals surface area contributed by atoms with Crippen LogP contribution in [0.4, 0.5) is 5.69 Å². The van der Waals surface area contributed by atoms with Crippen molar-refractivity contribution in [2.75, 3.05) is 32.1 Å². The smallest absolute Gasteiger partial charge is 0.240 e. The fourth-order valence-electron chi connectivity index (χ4n) is 1.63. The van der Waals surface area contributed by atoms with Crippen molar-refractivity contribution >= 4 is 28.1 Å². The van der Waals surface area contributed by atoms with Crippen molar-refractivity contribution in [3.8, 4) is 0 Å². The Hall–Kier alpha value is -0.820. The van der Waals surface area contributed by atoms with E-state index in [9.17, 15) is 8.42 Å². The average molecular weight is 308 g/mol. The molecule has 5 nitrogen and oxygen atoms in total. The van der Waals surface area contributed by atoms with Crippen LogP contribution in [0.5, 0.6) is 0 Å². The summed E-state index contributed by atoms with van der Waals surface area (Å²) in [6.45, 7) is 2.79. The Bertz CT molecular complexity index is 504. The van der Waals surface area contributed by atoms with Gasteiger partial charge in [-0.3, -0.25) is 0 Å². The molecule has 7 heteroatoms. The van der Waals surface area contributed by atoms with Gasteiger partial charge in [0, 0.05) is 26.3 Å². The van der Waals surface area contributed by atoms with Gasteiger partial charge in [0.2, 0.25) is 10.0 Å². The Labute approximate surface area is 121 Å². The van der Waals surface area contributed by atoms with Crippen molar-refractivity contribution in [2.45, 2.75) is 18.2 Å². The predicted octanol–water partition coefficient (Wildman–Crippen LogP) is 1.11. The lowest BCUT2D eigenvalue weighted by atomic mass is 10.2. The monoisotopic (exact) mass is 307 g/mol. The summed E-state index contributed by atoms with van der Waals surface area (Å²) in [6, 6.07) is 5.11. The summed E-state index contributed by atoms with van der Waals surface area (Å²) in [5.41, 5.74) is 7.28. The van der Waals surface area contributed by atoms with E-state index in [1.807, 2.05) is 32.0 Å². The van der Waals surface area contributed by atoms with Gasteiger partial charge in [0.15, 0.2) is 0 Å². The number of nitrogens with zero attached hydrogens (tertiary/aromatic N) is 1. The molecule has 0 fully saturated rings. The van der Waals surface area contributed by atoms with E-state index in [4.69, 9.17) is 5.73 Å². The SMILES string of the molecule is Cc1ccc(S(=O)(=O)NCCCN)cc1N(C)C.Cl. The molecule has 0 amide bonds. The van der Waals surface area contributed by atoms with Crippen LogP contribution in [0, 0.1) is 6.92 Å². The van der Waals surface area contributed by atoms with Crippen LogP contribution in [-0.4, -0.2) is 35.6 Å². The summed E-state index contributed by atoms with van der Waals surface area (Å²) in [7, 11) is 0.341. The van der Waals surface area contributed by atoms with Crippen LogP contribution in [0.15, 0.2) is 23.1 Å². The Morgan fingerprint density at radius 3 is 2.47 bits per heavy atom. The van der Waals surface area contributed by atoms with E-state index in [0.29, 0.717) is 19.5 Å². The quantitative estimate of drug-likeness (QED) is 0.772. The van der Waals surface area contributed by atoms with E-state index in [0.717, 1.165) is 11.3 Å². The van der Waals surface area contributed by atoms with Gasteiger partial charge in [-0.15, -0.1) is 12.4 Å². The van der Waals surface area contributed by atoms with E-state index in [2.05, 4.69) is 4.72 Å². The summed E-state index contributed by atoms with van der Waals surface area (Å²) in [5.74, 6) is 0. The molecule has 0 aliphatic carbocycles. The van der Waals surface area contributed by atoms with E-state index in [1.54, 1.807) is 12.1 Å². The highest BCUT2D eigenvalue weighted by Crippen LogP contribution is 2.22. The van der Waals surface area contributed by atoms with Crippen LogP contribution in [0.25, 0.3) is 0 Å². The summed E-state index contributed by atoms with van der Waals surface area (Å²) < 4.78 is 26.6. The number of nitrogens with two attached hydrogens (primary N) is 1. The molecule has 19 heavy (non-hydrogen) atoms. The molecule has 0 unspecified atom stereocenters. The first-order chi connectivity index (χ1) is 8.38. The van der Waals surface area contributed by atoms with Gasteiger partial charge in [-0.25, -0.2) is 13.1 Å².